The first-order chi connectivity index (χ1) is 12.6. The number of aryl methyl sites for hydroxylation is 1. The summed E-state index contributed by atoms with van der Waals surface area (Å²) >= 11 is 0. The van der Waals surface area contributed by atoms with Crippen molar-refractivity contribution in [3.63, 3.8) is 0 Å². The van der Waals surface area contributed by atoms with Gasteiger partial charge in [0, 0.05) is 31.0 Å². The highest BCUT2D eigenvalue weighted by atomic mass is 16.3. The van der Waals surface area contributed by atoms with Crippen LogP contribution in [0.15, 0.2) is 41.0 Å². The number of carbonyl (C=O) groups excluding carboxylic acids is 2. The Morgan fingerprint density at radius 3 is 2.96 bits per heavy atom. The van der Waals surface area contributed by atoms with Crippen LogP contribution in [0.1, 0.15) is 35.1 Å². The van der Waals surface area contributed by atoms with E-state index in [-0.39, 0.29) is 11.8 Å². The molecule has 0 saturated heterocycles. The van der Waals surface area contributed by atoms with Crippen LogP contribution in [0.2, 0.25) is 0 Å². The Labute approximate surface area is 150 Å². The Bertz CT molecular complexity index is 972. The molecule has 3 heterocycles. The van der Waals surface area contributed by atoms with Gasteiger partial charge in [0.1, 0.15) is 5.58 Å². The molecule has 0 unspecified atom stereocenters. The summed E-state index contributed by atoms with van der Waals surface area (Å²) in [5.74, 6) is -0.0780. The van der Waals surface area contributed by atoms with E-state index in [2.05, 4.69) is 10.4 Å². The lowest BCUT2D eigenvalue weighted by molar-refractivity contribution is -0.129. The minimum Gasteiger partial charge on any atom is -0.464 e. The summed E-state index contributed by atoms with van der Waals surface area (Å²) in [4.78, 5) is 25.9. The number of furan rings is 1. The molecule has 0 bridgehead atoms. The smallest absolute Gasteiger partial charge is 0.251 e. The Morgan fingerprint density at radius 1 is 1.23 bits per heavy atom. The predicted octanol–water partition coefficient (Wildman–Crippen LogP) is 2.31. The Morgan fingerprint density at radius 2 is 2.12 bits per heavy atom. The molecule has 134 valence electrons. The van der Waals surface area contributed by atoms with Crippen LogP contribution in [0.5, 0.6) is 0 Å². The van der Waals surface area contributed by atoms with Crippen LogP contribution in [0.4, 0.5) is 0 Å². The van der Waals surface area contributed by atoms with Gasteiger partial charge in [0.25, 0.3) is 5.91 Å². The van der Waals surface area contributed by atoms with Crippen molar-refractivity contribution in [1.82, 2.24) is 20.0 Å². The van der Waals surface area contributed by atoms with Gasteiger partial charge < -0.3 is 14.6 Å². The van der Waals surface area contributed by atoms with Crippen molar-refractivity contribution in [2.24, 2.45) is 0 Å². The van der Waals surface area contributed by atoms with Crippen molar-refractivity contribution in [3.8, 4) is 0 Å². The van der Waals surface area contributed by atoms with Crippen molar-refractivity contribution >= 4 is 22.8 Å². The number of carbonyl (C=O) groups is 2. The molecule has 0 spiro atoms. The number of rotatable bonds is 3. The quantitative estimate of drug-likeness (QED) is 0.784. The fourth-order valence-electron chi connectivity index (χ4n) is 3.26. The molecule has 2 aromatic heterocycles. The summed E-state index contributed by atoms with van der Waals surface area (Å²) < 4.78 is 7.22. The van der Waals surface area contributed by atoms with Gasteiger partial charge in [0.15, 0.2) is 0 Å². The van der Waals surface area contributed by atoms with Gasteiger partial charge in [0.2, 0.25) is 5.91 Å². The van der Waals surface area contributed by atoms with Crippen LogP contribution in [0, 0.1) is 0 Å². The number of hydrogen-bond acceptors (Lipinski definition) is 4. The number of nitrogens with one attached hydrogen (secondary N) is 1. The number of nitrogens with zero attached hydrogens (tertiary/aromatic N) is 3. The number of hydrogen-bond donors (Lipinski definition) is 1. The summed E-state index contributed by atoms with van der Waals surface area (Å²) in [6.07, 6.45) is 2.49. The molecule has 1 aliphatic heterocycles. The Kier molecular flexibility index (Phi) is 4.20. The Hall–Kier alpha value is -3.09. The van der Waals surface area contributed by atoms with Crippen molar-refractivity contribution in [2.75, 3.05) is 6.54 Å². The first-order valence-electron chi connectivity index (χ1n) is 8.67. The molecule has 3 aromatic rings. The summed E-state index contributed by atoms with van der Waals surface area (Å²) in [5.41, 5.74) is 3.14. The highest BCUT2D eigenvalue weighted by Crippen LogP contribution is 2.17. The van der Waals surface area contributed by atoms with E-state index in [9.17, 15) is 9.59 Å². The third kappa shape index (κ3) is 3.20. The highest BCUT2D eigenvalue weighted by Gasteiger charge is 2.18. The van der Waals surface area contributed by atoms with Crippen molar-refractivity contribution in [2.45, 2.75) is 33.0 Å². The lowest BCUT2D eigenvalue weighted by Crippen LogP contribution is -2.28. The minimum atomic E-state index is -0.151. The van der Waals surface area contributed by atoms with E-state index in [0.29, 0.717) is 18.7 Å². The molecular weight excluding hydrogens is 332 g/mol. The van der Waals surface area contributed by atoms with Gasteiger partial charge in [-0.15, -0.1) is 0 Å². The van der Waals surface area contributed by atoms with Crippen molar-refractivity contribution in [1.29, 1.82) is 0 Å². The van der Waals surface area contributed by atoms with E-state index in [1.165, 1.54) is 0 Å². The normalized spacial score (nSPS) is 14.1. The van der Waals surface area contributed by atoms with Gasteiger partial charge in [-0.3, -0.25) is 14.3 Å². The SMILES string of the molecule is CC(=O)N1CCCn2nc(CNC(=O)c3ccc4occc4c3)cc2C1. The molecule has 0 fully saturated rings. The topological polar surface area (TPSA) is 80.4 Å². The number of amides is 2. The maximum Gasteiger partial charge on any atom is 0.251 e. The van der Waals surface area contributed by atoms with Crippen LogP contribution in [-0.4, -0.2) is 33.0 Å². The minimum absolute atomic E-state index is 0.0733. The molecule has 26 heavy (non-hydrogen) atoms. The van der Waals surface area contributed by atoms with Crippen molar-refractivity contribution < 1.29 is 14.0 Å². The zero-order chi connectivity index (χ0) is 18.1. The molecule has 7 nitrogen and oxygen atoms in total. The molecule has 2 amide bonds. The monoisotopic (exact) mass is 352 g/mol. The summed E-state index contributed by atoms with van der Waals surface area (Å²) in [6.45, 7) is 4.03. The first-order valence-corrected chi connectivity index (χ1v) is 8.67. The fourth-order valence-corrected chi connectivity index (χ4v) is 3.26. The second-order valence-corrected chi connectivity index (χ2v) is 6.50. The number of benzene rings is 1. The van der Waals surface area contributed by atoms with E-state index in [0.717, 1.165) is 41.9 Å². The molecule has 0 atom stereocenters. The highest BCUT2D eigenvalue weighted by molar-refractivity contribution is 5.97. The van der Waals surface area contributed by atoms with E-state index >= 15 is 0 Å². The van der Waals surface area contributed by atoms with Crippen LogP contribution in [-0.2, 0) is 24.4 Å². The van der Waals surface area contributed by atoms with Crippen LogP contribution in [0.25, 0.3) is 11.0 Å². The molecular formula is C19H20N4O3. The van der Waals surface area contributed by atoms with Gasteiger partial charge in [0.05, 0.1) is 30.7 Å². The zero-order valence-corrected chi connectivity index (χ0v) is 14.6. The zero-order valence-electron chi connectivity index (χ0n) is 14.6. The van der Waals surface area contributed by atoms with Gasteiger partial charge in [-0.1, -0.05) is 0 Å². The number of fused-ring (bicyclic) bond motifs is 2. The molecule has 0 aliphatic carbocycles. The molecule has 0 saturated carbocycles. The average molecular weight is 352 g/mol. The maximum atomic E-state index is 12.4. The van der Waals surface area contributed by atoms with Crippen LogP contribution >= 0.6 is 0 Å². The van der Waals surface area contributed by atoms with Crippen molar-refractivity contribution in [3.05, 3.63) is 53.5 Å². The summed E-state index contributed by atoms with van der Waals surface area (Å²) in [5, 5.41) is 8.36. The largest absolute Gasteiger partial charge is 0.464 e. The van der Waals surface area contributed by atoms with E-state index < -0.39 is 0 Å². The predicted molar refractivity (Wildman–Crippen MR) is 95.3 cm³/mol. The molecule has 1 aromatic carbocycles. The molecule has 1 N–H and O–H groups in total. The summed E-state index contributed by atoms with van der Waals surface area (Å²) in [7, 11) is 0. The first kappa shape index (κ1) is 16.4. The molecule has 4 rings (SSSR count). The van der Waals surface area contributed by atoms with E-state index in [1.807, 2.05) is 21.7 Å². The van der Waals surface area contributed by atoms with E-state index in [4.69, 9.17) is 4.42 Å². The average Bonchev–Trinajstić information content (AvgIpc) is 3.20. The molecule has 1 aliphatic rings. The lowest BCUT2D eigenvalue weighted by Gasteiger charge is -2.17. The maximum absolute atomic E-state index is 12.4. The Balaban J connectivity index is 1.44. The van der Waals surface area contributed by atoms with Gasteiger partial charge in [-0.2, -0.15) is 5.10 Å². The van der Waals surface area contributed by atoms with E-state index in [1.54, 1.807) is 31.4 Å². The number of aromatic nitrogens is 2. The van der Waals surface area contributed by atoms with Gasteiger partial charge in [-0.25, -0.2) is 0 Å². The molecule has 0 radical (unpaired) electrons. The van der Waals surface area contributed by atoms with Gasteiger partial charge in [-0.05, 0) is 36.8 Å². The van der Waals surface area contributed by atoms with Crippen LogP contribution < -0.4 is 5.32 Å². The van der Waals surface area contributed by atoms with Crippen LogP contribution in [0.3, 0.4) is 0 Å². The second-order valence-electron chi connectivity index (χ2n) is 6.50. The fraction of sp³-hybridized carbons (Fsp3) is 0.316. The third-order valence-corrected chi connectivity index (χ3v) is 4.65. The lowest BCUT2D eigenvalue weighted by atomic mass is 10.1. The second kappa shape index (κ2) is 6.67. The van der Waals surface area contributed by atoms with Gasteiger partial charge >= 0.3 is 0 Å². The molecule has 7 heteroatoms. The third-order valence-electron chi connectivity index (χ3n) is 4.65. The summed E-state index contributed by atoms with van der Waals surface area (Å²) in [6, 6.07) is 9.13. The standard InChI is InChI=1S/C19H20N4O3/c1-13(24)22-6-2-7-23-17(12-22)10-16(21-23)11-20-19(25)15-3-4-18-14(9-15)5-8-26-18/h3-5,8-10H,2,6-7,11-12H2,1H3,(H,20,25).